The van der Waals surface area contributed by atoms with Crippen molar-refractivity contribution in [2.24, 2.45) is 0 Å². The summed E-state index contributed by atoms with van der Waals surface area (Å²) in [6.45, 7) is 4.04. The molecule has 0 aliphatic carbocycles. The highest BCUT2D eigenvalue weighted by Gasteiger charge is 2.33. The van der Waals surface area contributed by atoms with E-state index in [4.69, 9.17) is 11.6 Å². The van der Waals surface area contributed by atoms with E-state index < -0.39 is 28.5 Å². The molecule has 0 aliphatic rings. The van der Waals surface area contributed by atoms with E-state index in [9.17, 15) is 18.0 Å². The topological polar surface area (TPSA) is 86.8 Å². The number of unbranched alkanes of at least 4 members (excludes halogenated alkanes) is 1. The number of carbonyl (C=O) groups excluding carboxylic acids is 2. The number of nitrogens with one attached hydrogen (secondary N) is 1. The maximum atomic E-state index is 14.2. The van der Waals surface area contributed by atoms with Gasteiger partial charge in [-0.2, -0.15) is 0 Å². The molecule has 40 heavy (non-hydrogen) atoms. The van der Waals surface area contributed by atoms with Crippen LogP contribution in [-0.4, -0.2) is 50.5 Å². The van der Waals surface area contributed by atoms with Gasteiger partial charge in [0.2, 0.25) is 21.8 Å². The molecule has 0 saturated carbocycles. The third-order valence-electron chi connectivity index (χ3n) is 6.72. The van der Waals surface area contributed by atoms with Gasteiger partial charge < -0.3 is 10.2 Å². The van der Waals surface area contributed by atoms with E-state index in [1.165, 1.54) is 4.90 Å². The second-order valence-corrected chi connectivity index (χ2v) is 12.0. The van der Waals surface area contributed by atoms with Crippen molar-refractivity contribution in [3.8, 4) is 0 Å². The van der Waals surface area contributed by atoms with Gasteiger partial charge in [-0.05, 0) is 41.7 Å². The minimum atomic E-state index is -3.82. The smallest absolute Gasteiger partial charge is 0.244 e. The number of para-hydroxylation sites is 1. The molecule has 1 N–H and O–H groups in total. The molecule has 0 fully saturated rings. The summed E-state index contributed by atoms with van der Waals surface area (Å²) in [5, 5.41) is 3.44. The molecular formula is C31H38ClN3O4S. The summed E-state index contributed by atoms with van der Waals surface area (Å²) in [5.41, 5.74) is 2.80. The van der Waals surface area contributed by atoms with Crippen LogP contribution in [0.5, 0.6) is 0 Å². The average Bonchev–Trinajstić information content (AvgIpc) is 2.94. The second kappa shape index (κ2) is 14.9. The fourth-order valence-electron chi connectivity index (χ4n) is 4.52. The average molecular weight is 584 g/mol. The normalized spacial score (nSPS) is 12.0. The van der Waals surface area contributed by atoms with E-state index in [0.717, 1.165) is 34.5 Å². The number of hydrogen-bond acceptors (Lipinski definition) is 4. The quantitative estimate of drug-likeness (QED) is 0.263. The number of sulfonamides is 1. The molecule has 0 radical (unpaired) electrons. The summed E-state index contributed by atoms with van der Waals surface area (Å²) >= 11 is 6.49. The van der Waals surface area contributed by atoms with Crippen molar-refractivity contribution in [3.05, 3.63) is 101 Å². The molecule has 3 aromatic rings. The molecule has 9 heteroatoms. The van der Waals surface area contributed by atoms with Gasteiger partial charge in [-0.25, -0.2) is 8.42 Å². The Bertz CT molecular complexity index is 1380. The van der Waals surface area contributed by atoms with E-state index >= 15 is 0 Å². The first-order chi connectivity index (χ1) is 19.2. The van der Waals surface area contributed by atoms with Crippen LogP contribution in [0.4, 0.5) is 5.69 Å². The number of anilines is 1. The summed E-state index contributed by atoms with van der Waals surface area (Å²) in [6.07, 6.45) is 3.66. The van der Waals surface area contributed by atoms with E-state index in [0.29, 0.717) is 29.2 Å². The number of hydrogen-bond donors (Lipinski definition) is 1. The molecule has 2 amide bonds. The monoisotopic (exact) mass is 583 g/mol. The Morgan fingerprint density at radius 1 is 0.900 bits per heavy atom. The lowest BCUT2D eigenvalue weighted by Crippen LogP contribution is -2.53. The Balaban J connectivity index is 2.06. The maximum Gasteiger partial charge on any atom is 0.244 e. The molecule has 1 atom stereocenters. The van der Waals surface area contributed by atoms with Gasteiger partial charge in [0.25, 0.3) is 0 Å². The first-order valence-corrected chi connectivity index (χ1v) is 15.8. The molecule has 0 aromatic heterocycles. The zero-order valence-corrected chi connectivity index (χ0v) is 24.9. The lowest BCUT2D eigenvalue weighted by Gasteiger charge is -2.34. The molecule has 1 unspecified atom stereocenters. The Morgan fingerprint density at radius 2 is 1.52 bits per heavy atom. The van der Waals surface area contributed by atoms with Crippen molar-refractivity contribution < 1.29 is 18.0 Å². The number of rotatable bonds is 14. The fraction of sp³-hybridized carbons (Fsp3) is 0.355. The van der Waals surface area contributed by atoms with Gasteiger partial charge >= 0.3 is 0 Å². The van der Waals surface area contributed by atoms with Crippen molar-refractivity contribution in [1.82, 2.24) is 10.2 Å². The van der Waals surface area contributed by atoms with Crippen molar-refractivity contribution in [2.75, 3.05) is 23.7 Å². The second-order valence-electron chi connectivity index (χ2n) is 9.72. The SMILES string of the molecule is CCCCNC(=O)C(Cc1ccccc1)N(Cc1ccccc1Cl)C(=O)CN(c1ccccc1CC)S(C)(=O)=O. The van der Waals surface area contributed by atoms with E-state index in [1.54, 1.807) is 30.3 Å². The first-order valence-electron chi connectivity index (χ1n) is 13.6. The Morgan fingerprint density at radius 3 is 2.15 bits per heavy atom. The van der Waals surface area contributed by atoms with Gasteiger partial charge in [0.05, 0.1) is 11.9 Å². The maximum absolute atomic E-state index is 14.2. The summed E-state index contributed by atoms with van der Waals surface area (Å²) in [4.78, 5) is 29.2. The zero-order valence-electron chi connectivity index (χ0n) is 23.3. The lowest BCUT2D eigenvalue weighted by molar-refractivity contribution is -0.140. The summed E-state index contributed by atoms with van der Waals surface area (Å²) in [5.74, 6) is -0.791. The van der Waals surface area contributed by atoms with Crippen LogP contribution in [-0.2, 0) is 39.0 Å². The largest absolute Gasteiger partial charge is 0.354 e. The first kappa shape index (κ1) is 31.2. The highest BCUT2D eigenvalue weighted by Crippen LogP contribution is 2.25. The van der Waals surface area contributed by atoms with Crippen LogP contribution < -0.4 is 9.62 Å². The van der Waals surface area contributed by atoms with Crippen molar-refractivity contribution in [1.29, 1.82) is 0 Å². The molecule has 7 nitrogen and oxygen atoms in total. The van der Waals surface area contributed by atoms with E-state index in [-0.39, 0.29) is 18.9 Å². The molecule has 0 bridgehead atoms. The Kier molecular flexibility index (Phi) is 11.6. The minimum Gasteiger partial charge on any atom is -0.354 e. The predicted octanol–water partition coefficient (Wildman–Crippen LogP) is 5.22. The van der Waals surface area contributed by atoms with Gasteiger partial charge in [0.1, 0.15) is 12.6 Å². The Hall–Kier alpha value is -3.36. The van der Waals surface area contributed by atoms with Crippen molar-refractivity contribution >= 4 is 39.1 Å². The molecule has 0 spiro atoms. The number of aryl methyl sites for hydroxylation is 1. The predicted molar refractivity (Wildman–Crippen MR) is 162 cm³/mol. The van der Waals surface area contributed by atoms with Gasteiger partial charge in [-0.15, -0.1) is 0 Å². The summed E-state index contributed by atoms with van der Waals surface area (Å²) < 4.78 is 27.1. The zero-order chi connectivity index (χ0) is 29.1. The number of amides is 2. The molecule has 0 heterocycles. The van der Waals surface area contributed by atoms with E-state index in [1.807, 2.05) is 62.4 Å². The molecule has 3 rings (SSSR count). The van der Waals surface area contributed by atoms with Gasteiger partial charge in [-0.3, -0.25) is 13.9 Å². The van der Waals surface area contributed by atoms with E-state index in [2.05, 4.69) is 5.32 Å². The van der Waals surface area contributed by atoms with Gasteiger partial charge in [0, 0.05) is 24.5 Å². The van der Waals surface area contributed by atoms with Crippen LogP contribution in [0.25, 0.3) is 0 Å². The van der Waals surface area contributed by atoms with Crippen LogP contribution >= 0.6 is 11.6 Å². The minimum absolute atomic E-state index is 0.0459. The van der Waals surface area contributed by atoms with Crippen LogP contribution in [0.2, 0.25) is 5.02 Å². The molecule has 0 aliphatic heterocycles. The number of benzene rings is 3. The lowest BCUT2D eigenvalue weighted by atomic mass is 10.0. The van der Waals surface area contributed by atoms with Gasteiger partial charge in [0.15, 0.2) is 0 Å². The Labute approximate surface area is 243 Å². The molecular weight excluding hydrogens is 546 g/mol. The third-order valence-corrected chi connectivity index (χ3v) is 8.21. The van der Waals surface area contributed by atoms with Crippen LogP contribution in [0, 0.1) is 0 Å². The standard InChI is InChI=1S/C31H38ClN3O4S/c1-4-6-20-33-31(37)29(21-24-14-8-7-9-15-24)34(22-26-17-10-12-18-27(26)32)30(36)23-35(40(3,38)39)28-19-13-11-16-25(28)5-2/h7-19,29H,4-6,20-23H2,1-3H3,(H,33,37). The summed E-state index contributed by atoms with van der Waals surface area (Å²) in [7, 11) is -3.82. The highest BCUT2D eigenvalue weighted by atomic mass is 35.5. The van der Waals surface area contributed by atoms with Crippen LogP contribution in [0.15, 0.2) is 78.9 Å². The highest BCUT2D eigenvalue weighted by molar-refractivity contribution is 7.92. The molecule has 214 valence electrons. The van der Waals surface area contributed by atoms with Gasteiger partial charge in [-0.1, -0.05) is 98.6 Å². The van der Waals surface area contributed by atoms with Crippen molar-refractivity contribution in [3.63, 3.8) is 0 Å². The number of carbonyl (C=O) groups is 2. The number of nitrogens with zero attached hydrogens (tertiary/aromatic N) is 2. The summed E-state index contributed by atoms with van der Waals surface area (Å²) in [6, 6.07) is 22.9. The molecule has 3 aromatic carbocycles. The molecule has 0 saturated heterocycles. The van der Waals surface area contributed by atoms with Crippen LogP contribution in [0.1, 0.15) is 43.4 Å². The third kappa shape index (κ3) is 8.57. The fourth-order valence-corrected chi connectivity index (χ4v) is 5.59. The number of halogens is 1. The van der Waals surface area contributed by atoms with Crippen LogP contribution in [0.3, 0.4) is 0 Å². The van der Waals surface area contributed by atoms with Crippen molar-refractivity contribution in [2.45, 2.75) is 52.1 Å².